The molecule has 0 aromatic heterocycles. The van der Waals surface area contributed by atoms with Crippen LogP contribution in [0.15, 0.2) is 82.6 Å². The average molecular weight is 519 g/mol. The molecule has 0 aliphatic carbocycles. The van der Waals surface area contributed by atoms with E-state index >= 15 is 0 Å². The molecule has 0 bridgehead atoms. The summed E-state index contributed by atoms with van der Waals surface area (Å²) in [6.07, 6.45) is 0. The first-order valence-electron chi connectivity index (χ1n) is 11.9. The summed E-state index contributed by atoms with van der Waals surface area (Å²) in [6, 6.07) is 23.0. The summed E-state index contributed by atoms with van der Waals surface area (Å²) in [5.41, 5.74) is 0. The van der Waals surface area contributed by atoms with Gasteiger partial charge in [0.15, 0.2) is 19.7 Å². The first-order chi connectivity index (χ1) is 16.6. The predicted molar refractivity (Wildman–Crippen MR) is 150 cm³/mol. The largest absolute Gasteiger partial charge is 0.223 e. The maximum Gasteiger partial charge on any atom is 0.183 e. The molecular formula is C30H30O4S2. The van der Waals surface area contributed by atoms with Gasteiger partial charge in [-0.3, -0.25) is 0 Å². The van der Waals surface area contributed by atoms with Gasteiger partial charge in [-0.05, 0) is 145 Å². The lowest BCUT2D eigenvalue weighted by Crippen LogP contribution is -2.27. The SMILES string of the molecule is CC(C)(C)S(=O)(=O)c1ccc2cc3cc4cc5cc(S(=O)(=O)C(C)(C)C)ccc5cc4cc3cc2c1. The van der Waals surface area contributed by atoms with Crippen LogP contribution in [0, 0.1) is 0 Å². The van der Waals surface area contributed by atoms with Crippen molar-refractivity contribution in [2.75, 3.05) is 0 Å². The van der Waals surface area contributed by atoms with Crippen LogP contribution in [0.25, 0.3) is 43.1 Å². The molecule has 0 saturated carbocycles. The van der Waals surface area contributed by atoms with E-state index in [1.165, 1.54) is 0 Å². The lowest BCUT2D eigenvalue weighted by atomic mass is 9.97. The van der Waals surface area contributed by atoms with E-state index in [1.807, 2.05) is 24.3 Å². The maximum absolute atomic E-state index is 13.0. The second-order valence-corrected chi connectivity index (χ2v) is 16.9. The predicted octanol–water partition coefficient (Wildman–Crippen LogP) is 7.44. The Morgan fingerprint density at radius 1 is 0.389 bits per heavy atom. The van der Waals surface area contributed by atoms with Crippen LogP contribution in [0.5, 0.6) is 0 Å². The van der Waals surface area contributed by atoms with Gasteiger partial charge in [0, 0.05) is 0 Å². The Kier molecular flexibility index (Phi) is 5.33. The lowest BCUT2D eigenvalue weighted by molar-refractivity contribution is 0.559. The third-order valence-electron chi connectivity index (χ3n) is 6.88. The lowest BCUT2D eigenvalue weighted by Gasteiger charge is -2.19. The number of fused-ring (bicyclic) bond motifs is 4. The third-order valence-corrected chi connectivity index (χ3v) is 11.9. The van der Waals surface area contributed by atoms with Crippen molar-refractivity contribution in [2.24, 2.45) is 0 Å². The van der Waals surface area contributed by atoms with Gasteiger partial charge >= 0.3 is 0 Å². The van der Waals surface area contributed by atoms with Gasteiger partial charge in [0.05, 0.1) is 19.3 Å². The Bertz CT molecular complexity index is 1780. The van der Waals surface area contributed by atoms with Crippen molar-refractivity contribution in [2.45, 2.75) is 60.8 Å². The smallest absolute Gasteiger partial charge is 0.183 e. The van der Waals surface area contributed by atoms with Gasteiger partial charge in [-0.1, -0.05) is 12.1 Å². The fourth-order valence-corrected chi connectivity index (χ4v) is 6.97. The van der Waals surface area contributed by atoms with E-state index in [-0.39, 0.29) is 0 Å². The number of hydrogen-bond acceptors (Lipinski definition) is 4. The van der Waals surface area contributed by atoms with E-state index in [9.17, 15) is 16.8 Å². The van der Waals surface area contributed by atoms with E-state index in [0.29, 0.717) is 9.79 Å². The summed E-state index contributed by atoms with van der Waals surface area (Å²) in [5.74, 6) is 0. The topological polar surface area (TPSA) is 68.3 Å². The highest BCUT2D eigenvalue weighted by Gasteiger charge is 2.31. The highest BCUT2D eigenvalue weighted by molar-refractivity contribution is 7.93. The van der Waals surface area contributed by atoms with E-state index in [4.69, 9.17) is 0 Å². The normalized spacial score (nSPS) is 13.7. The number of rotatable bonds is 2. The minimum atomic E-state index is -3.45. The van der Waals surface area contributed by atoms with Gasteiger partial charge in [0.25, 0.3) is 0 Å². The minimum absolute atomic E-state index is 0.328. The van der Waals surface area contributed by atoms with Crippen LogP contribution in [-0.2, 0) is 19.7 Å². The van der Waals surface area contributed by atoms with Crippen LogP contribution in [-0.4, -0.2) is 26.3 Å². The molecule has 0 amide bonds. The van der Waals surface area contributed by atoms with Gasteiger partial charge in [-0.2, -0.15) is 0 Å². The van der Waals surface area contributed by atoms with Gasteiger partial charge in [0.2, 0.25) is 0 Å². The fraction of sp³-hybridized carbons (Fsp3) is 0.267. The third kappa shape index (κ3) is 3.87. The fourth-order valence-electron chi connectivity index (χ4n) is 4.50. The molecule has 6 heteroatoms. The van der Waals surface area contributed by atoms with Crippen molar-refractivity contribution < 1.29 is 16.8 Å². The molecule has 0 aliphatic heterocycles. The Morgan fingerprint density at radius 3 is 0.917 bits per heavy atom. The van der Waals surface area contributed by atoms with Gasteiger partial charge < -0.3 is 0 Å². The van der Waals surface area contributed by atoms with Crippen molar-refractivity contribution in [3.8, 4) is 0 Å². The summed E-state index contributed by atoms with van der Waals surface area (Å²) in [6.45, 7) is 10.3. The van der Waals surface area contributed by atoms with Crippen LogP contribution in [0.3, 0.4) is 0 Å². The average Bonchev–Trinajstić information content (AvgIpc) is 2.77. The quantitative estimate of drug-likeness (QED) is 0.228. The standard InChI is InChI=1S/C30H30O4S2/c1-29(2,3)35(31,32)27-9-7-19-11-21-14-24-16-26-18-28(36(33,34)30(4,5)6)10-8-20(26)12-22(24)13-23(21)15-25(19)17-27/h7-18H,1-6H3. The van der Waals surface area contributed by atoms with Crippen molar-refractivity contribution >= 4 is 62.8 Å². The van der Waals surface area contributed by atoms with Gasteiger partial charge in [-0.15, -0.1) is 0 Å². The second-order valence-electron chi connectivity index (χ2n) is 11.5. The monoisotopic (exact) mass is 518 g/mol. The Balaban J connectivity index is 1.69. The highest BCUT2D eigenvalue weighted by Crippen LogP contribution is 2.34. The van der Waals surface area contributed by atoms with E-state index in [1.54, 1.807) is 65.8 Å². The number of sulfone groups is 2. The van der Waals surface area contributed by atoms with Crippen LogP contribution in [0.4, 0.5) is 0 Å². The summed E-state index contributed by atoms with van der Waals surface area (Å²) >= 11 is 0. The zero-order chi connectivity index (χ0) is 26.3. The molecule has 186 valence electrons. The molecule has 0 unspecified atom stereocenters. The first-order valence-corrected chi connectivity index (χ1v) is 14.9. The van der Waals surface area contributed by atoms with E-state index in [0.717, 1.165) is 43.1 Å². The zero-order valence-electron chi connectivity index (χ0n) is 21.4. The zero-order valence-corrected chi connectivity index (χ0v) is 23.0. The molecule has 0 fully saturated rings. The van der Waals surface area contributed by atoms with Crippen molar-refractivity contribution in [3.63, 3.8) is 0 Å². The van der Waals surface area contributed by atoms with Gasteiger partial charge in [0.1, 0.15) is 0 Å². The van der Waals surface area contributed by atoms with Crippen LogP contribution < -0.4 is 0 Å². The number of hydrogen-bond donors (Lipinski definition) is 0. The van der Waals surface area contributed by atoms with E-state index < -0.39 is 29.2 Å². The van der Waals surface area contributed by atoms with E-state index in [2.05, 4.69) is 24.3 Å². The molecule has 0 aliphatic rings. The molecule has 5 aromatic rings. The summed E-state index contributed by atoms with van der Waals surface area (Å²) in [7, 11) is -6.89. The molecule has 0 radical (unpaired) electrons. The molecule has 0 heterocycles. The number of benzene rings is 5. The summed E-state index contributed by atoms with van der Waals surface area (Å²) in [5, 5.41) is 7.81. The Labute approximate surface area is 212 Å². The molecule has 0 saturated heterocycles. The maximum atomic E-state index is 13.0. The van der Waals surface area contributed by atoms with Crippen LogP contribution in [0.2, 0.25) is 0 Å². The van der Waals surface area contributed by atoms with Gasteiger partial charge in [-0.25, -0.2) is 16.8 Å². The molecular weight excluding hydrogens is 488 g/mol. The first kappa shape index (κ1) is 24.7. The molecule has 0 atom stereocenters. The minimum Gasteiger partial charge on any atom is -0.223 e. The molecule has 5 rings (SSSR count). The van der Waals surface area contributed by atoms with Crippen molar-refractivity contribution in [1.29, 1.82) is 0 Å². The van der Waals surface area contributed by atoms with Crippen LogP contribution >= 0.6 is 0 Å². The Morgan fingerprint density at radius 2 is 0.639 bits per heavy atom. The van der Waals surface area contributed by atoms with Crippen molar-refractivity contribution in [3.05, 3.63) is 72.8 Å². The molecule has 5 aromatic carbocycles. The van der Waals surface area contributed by atoms with Crippen LogP contribution in [0.1, 0.15) is 41.5 Å². The molecule has 0 N–H and O–H groups in total. The Hall–Kier alpha value is -2.96. The van der Waals surface area contributed by atoms with Crippen molar-refractivity contribution in [1.82, 2.24) is 0 Å². The molecule has 36 heavy (non-hydrogen) atoms. The summed E-state index contributed by atoms with van der Waals surface area (Å²) in [4.78, 5) is 0.657. The molecule has 0 spiro atoms. The second kappa shape index (κ2) is 7.77. The highest BCUT2D eigenvalue weighted by atomic mass is 32.2. The molecule has 4 nitrogen and oxygen atoms in total. The summed E-state index contributed by atoms with van der Waals surface area (Å²) < 4.78 is 50.1.